The van der Waals surface area contributed by atoms with E-state index < -0.39 is 9.14 Å². The lowest BCUT2D eigenvalue weighted by molar-refractivity contribution is -0.117. The summed E-state index contributed by atoms with van der Waals surface area (Å²) in [5.41, 5.74) is 5.77. The Morgan fingerprint density at radius 1 is 1.41 bits per heavy atom. The van der Waals surface area contributed by atoms with E-state index in [9.17, 15) is 4.79 Å². The summed E-state index contributed by atoms with van der Waals surface area (Å²) in [6.45, 7) is 0. The highest BCUT2D eigenvalue weighted by Gasteiger charge is 2.28. The van der Waals surface area contributed by atoms with Crippen LogP contribution in [-0.4, -0.2) is 19.2 Å². The van der Waals surface area contributed by atoms with Crippen LogP contribution in [0.3, 0.4) is 0 Å². The molecule has 1 amide bonds. The normalized spacial score (nSPS) is 10.2. The van der Waals surface area contributed by atoms with Gasteiger partial charge in [0.15, 0.2) is 4.34 Å². The number of thiocyanates is 1. The number of hydrogen-bond acceptors (Lipinski definition) is 7. The van der Waals surface area contributed by atoms with Crippen molar-refractivity contribution in [3.8, 4) is 11.5 Å². The quantitative estimate of drug-likeness (QED) is 0.233. The molecule has 114 valence electrons. The van der Waals surface area contributed by atoms with Crippen LogP contribution in [0.25, 0.3) is 10.2 Å². The van der Waals surface area contributed by atoms with Gasteiger partial charge < -0.3 is 5.73 Å². The van der Waals surface area contributed by atoms with Crippen molar-refractivity contribution in [1.82, 2.24) is 4.98 Å². The molecule has 0 atom stereocenters. The molecular formula is C12H8Br2N4OS3. The molecule has 0 saturated carbocycles. The lowest BCUT2D eigenvalue weighted by Gasteiger charge is -2.01. The molecule has 0 aliphatic rings. The number of alkyl halides is 2. The van der Waals surface area contributed by atoms with Gasteiger partial charge in [-0.05, 0) is 55.8 Å². The summed E-state index contributed by atoms with van der Waals surface area (Å²) in [7, 11) is 0. The number of para-hydroxylation sites is 1. The molecule has 0 aliphatic carbocycles. The van der Waals surface area contributed by atoms with E-state index in [-0.39, 0.29) is 0 Å². The van der Waals surface area contributed by atoms with Crippen molar-refractivity contribution in [2.45, 2.75) is 7.57 Å². The van der Waals surface area contributed by atoms with Crippen LogP contribution in [0.15, 0.2) is 28.6 Å². The highest BCUT2D eigenvalue weighted by Crippen LogP contribution is 2.30. The van der Waals surface area contributed by atoms with E-state index in [0.717, 1.165) is 14.9 Å². The number of nitriles is 2. The number of carbonyl (C=O) groups excluding carboxylic acids is 1. The number of fused-ring (bicyclic) bond motifs is 1. The van der Waals surface area contributed by atoms with Gasteiger partial charge in [0.1, 0.15) is 11.5 Å². The van der Waals surface area contributed by atoms with Gasteiger partial charge in [0.2, 0.25) is 3.23 Å². The van der Waals surface area contributed by atoms with E-state index in [1.54, 1.807) is 29.2 Å². The minimum atomic E-state index is -1.39. The van der Waals surface area contributed by atoms with Gasteiger partial charge in [0.25, 0.3) is 5.91 Å². The van der Waals surface area contributed by atoms with Crippen LogP contribution in [0.5, 0.6) is 0 Å². The maximum atomic E-state index is 10.2. The second-order valence-corrected chi connectivity index (χ2v) is 10.3. The summed E-state index contributed by atoms with van der Waals surface area (Å²) in [5, 5.41) is 19.3. The Morgan fingerprint density at radius 2 is 2.09 bits per heavy atom. The van der Waals surface area contributed by atoms with E-state index in [2.05, 4.69) is 42.9 Å². The number of rotatable bonds is 4. The Hall–Kier alpha value is -0.780. The highest BCUT2D eigenvalue weighted by atomic mass is 79.9. The van der Waals surface area contributed by atoms with Gasteiger partial charge in [-0.2, -0.15) is 10.5 Å². The summed E-state index contributed by atoms with van der Waals surface area (Å²) in [5.74, 6) is -0.750. The fourth-order valence-electron chi connectivity index (χ4n) is 1.07. The summed E-state index contributed by atoms with van der Waals surface area (Å²) in [6, 6.07) is 9.67. The van der Waals surface area contributed by atoms with Crippen molar-refractivity contribution >= 4 is 82.8 Å². The highest BCUT2D eigenvalue weighted by molar-refractivity contribution is 9.26. The molecular weight excluding hydrogens is 472 g/mol. The molecule has 0 saturated heterocycles. The lowest BCUT2D eigenvalue weighted by atomic mass is 10.3. The molecule has 0 radical (unpaired) electrons. The van der Waals surface area contributed by atoms with E-state index in [1.807, 2.05) is 23.6 Å². The number of hydrogen-bond donors (Lipinski definition) is 1. The average molecular weight is 480 g/mol. The minimum absolute atomic E-state index is 0.746. The van der Waals surface area contributed by atoms with E-state index in [4.69, 9.17) is 16.3 Å². The second-order valence-electron chi connectivity index (χ2n) is 3.50. The van der Waals surface area contributed by atoms with Gasteiger partial charge in [-0.1, -0.05) is 23.9 Å². The second kappa shape index (κ2) is 9.38. The Kier molecular flexibility index (Phi) is 8.21. The zero-order chi connectivity index (χ0) is 16.6. The number of aromatic nitrogens is 1. The molecule has 1 aromatic heterocycles. The first-order chi connectivity index (χ1) is 10.4. The fourth-order valence-corrected chi connectivity index (χ4v) is 3.72. The number of amides is 1. The molecule has 0 bridgehead atoms. The van der Waals surface area contributed by atoms with Crippen LogP contribution in [0.1, 0.15) is 0 Å². The molecule has 10 heteroatoms. The van der Waals surface area contributed by atoms with Gasteiger partial charge in [-0.15, -0.1) is 11.3 Å². The van der Waals surface area contributed by atoms with Crippen molar-refractivity contribution in [2.75, 3.05) is 5.08 Å². The molecule has 22 heavy (non-hydrogen) atoms. The van der Waals surface area contributed by atoms with E-state index >= 15 is 0 Å². The third-order valence-electron chi connectivity index (χ3n) is 2.03. The lowest BCUT2D eigenvalue weighted by Crippen LogP contribution is -2.30. The first-order valence-electron chi connectivity index (χ1n) is 5.49. The van der Waals surface area contributed by atoms with Crippen LogP contribution in [0.4, 0.5) is 0 Å². The predicted octanol–water partition coefficient (Wildman–Crippen LogP) is 4.04. The SMILES string of the molecule is N#CC(Br)(Br)C(N)=O.N#CSCSc1nc2ccccc2s1. The molecule has 0 fully saturated rings. The standard InChI is InChI=1S/C9H6N2S3.C3H2Br2N2O/c10-5-12-6-13-9-11-7-3-1-2-4-8(7)14-9;4-3(5,1-6)2(7)8/h1-4H,6H2;(H2,7,8). The maximum Gasteiger partial charge on any atom is 0.259 e. The molecule has 0 unspecified atom stereocenters. The smallest absolute Gasteiger partial charge is 0.259 e. The van der Waals surface area contributed by atoms with Crippen molar-refractivity contribution in [1.29, 1.82) is 10.5 Å². The van der Waals surface area contributed by atoms with Crippen LogP contribution in [0, 0.1) is 22.0 Å². The Labute approximate surface area is 156 Å². The maximum absolute atomic E-state index is 10.2. The first kappa shape index (κ1) is 19.3. The van der Waals surface area contributed by atoms with Crippen molar-refractivity contribution in [2.24, 2.45) is 5.73 Å². The third-order valence-corrected chi connectivity index (χ3v) is 6.01. The molecule has 0 aliphatic heterocycles. The predicted molar refractivity (Wildman–Crippen MR) is 98.9 cm³/mol. The zero-order valence-electron chi connectivity index (χ0n) is 10.8. The topological polar surface area (TPSA) is 104 Å². The molecule has 2 rings (SSSR count). The van der Waals surface area contributed by atoms with Gasteiger partial charge in [0, 0.05) is 0 Å². The summed E-state index contributed by atoms with van der Waals surface area (Å²) in [6.07, 6.45) is 0. The number of nitrogens with two attached hydrogens (primary N) is 1. The minimum Gasteiger partial charge on any atom is -0.367 e. The number of thiazole rings is 1. The van der Waals surface area contributed by atoms with Crippen molar-refractivity contribution in [3.63, 3.8) is 0 Å². The first-order valence-corrected chi connectivity index (χ1v) is 9.86. The number of halogens is 2. The monoisotopic (exact) mass is 478 g/mol. The summed E-state index contributed by atoms with van der Waals surface area (Å²) >= 11 is 10.00. The van der Waals surface area contributed by atoms with Crippen molar-refractivity contribution < 1.29 is 4.79 Å². The number of nitrogens with zero attached hydrogens (tertiary/aromatic N) is 3. The number of primary amides is 1. The largest absolute Gasteiger partial charge is 0.367 e. The van der Waals surface area contributed by atoms with Gasteiger partial charge in [0.05, 0.1) is 15.3 Å². The summed E-state index contributed by atoms with van der Waals surface area (Å²) in [4.78, 5) is 14.6. The molecule has 2 N–H and O–H groups in total. The van der Waals surface area contributed by atoms with Crippen LogP contribution >= 0.6 is 66.7 Å². The summed E-state index contributed by atoms with van der Waals surface area (Å²) < 4.78 is 0.853. The van der Waals surface area contributed by atoms with E-state index in [1.165, 1.54) is 16.5 Å². The van der Waals surface area contributed by atoms with Crippen LogP contribution < -0.4 is 5.73 Å². The molecule has 1 aromatic carbocycles. The fraction of sp³-hybridized carbons (Fsp3) is 0.167. The Balaban J connectivity index is 0.000000261. The molecule has 0 spiro atoms. The van der Waals surface area contributed by atoms with Crippen LogP contribution in [0.2, 0.25) is 0 Å². The van der Waals surface area contributed by atoms with Gasteiger partial charge >= 0.3 is 0 Å². The van der Waals surface area contributed by atoms with E-state index in [0.29, 0.717) is 0 Å². The average Bonchev–Trinajstić information content (AvgIpc) is 2.90. The molecule has 1 heterocycles. The third kappa shape index (κ3) is 6.15. The molecule has 2 aromatic rings. The van der Waals surface area contributed by atoms with Crippen molar-refractivity contribution in [3.05, 3.63) is 24.3 Å². The Bertz CT molecular complexity index is 703. The van der Waals surface area contributed by atoms with Gasteiger partial charge in [-0.3, -0.25) is 4.79 Å². The Morgan fingerprint density at radius 3 is 2.59 bits per heavy atom. The molecule has 5 nitrogen and oxygen atoms in total. The number of carbonyl (C=O) groups is 1. The van der Waals surface area contributed by atoms with Crippen LogP contribution in [-0.2, 0) is 4.79 Å². The zero-order valence-corrected chi connectivity index (χ0v) is 16.4. The number of thioether (sulfide) groups is 2. The number of benzene rings is 1. The van der Waals surface area contributed by atoms with Gasteiger partial charge in [-0.25, -0.2) is 4.98 Å².